The Bertz CT molecular complexity index is 1570. The monoisotopic (exact) mass is 522 g/mol. The summed E-state index contributed by atoms with van der Waals surface area (Å²) in [6.45, 7) is 1.86. The maximum Gasteiger partial charge on any atom is 0.278 e. The van der Waals surface area contributed by atoms with Crippen LogP contribution < -0.4 is 23.7 Å². The number of benzene rings is 4. The summed E-state index contributed by atoms with van der Waals surface area (Å²) in [5.74, 6) is 2.23. The van der Waals surface area contributed by atoms with Gasteiger partial charge in [0.1, 0.15) is 40.6 Å². The van der Waals surface area contributed by atoms with Gasteiger partial charge in [-0.05, 0) is 25.3 Å². The molecule has 3 aliphatic rings. The number of ether oxygens (including phenoxy) is 5. The summed E-state index contributed by atoms with van der Waals surface area (Å²) in [6, 6.07) is 23.9. The molecular weight excluding hydrogens is 492 g/mol. The molecule has 198 valence electrons. The minimum Gasteiger partial charge on any atom is -0.507 e. The minimum atomic E-state index is -1.09. The highest BCUT2D eigenvalue weighted by atomic mass is 16.7. The maximum atomic E-state index is 10.8. The smallest absolute Gasteiger partial charge is 0.278 e. The van der Waals surface area contributed by atoms with E-state index in [1.807, 2.05) is 61.5 Å². The Labute approximate surface area is 227 Å². The van der Waals surface area contributed by atoms with E-state index in [-0.39, 0.29) is 17.8 Å². The first kappa shape index (κ1) is 23.8. The highest BCUT2D eigenvalue weighted by Crippen LogP contribution is 2.62. The van der Waals surface area contributed by atoms with Crippen molar-refractivity contribution in [2.75, 3.05) is 14.2 Å². The van der Waals surface area contributed by atoms with Crippen molar-refractivity contribution < 1.29 is 28.8 Å². The molecule has 4 aromatic carbocycles. The Kier molecular flexibility index (Phi) is 5.41. The summed E-state index contributed by atoms with van der Waals surface area (Å²) in [6.07, 6.45) is 2.10. The quantitative estimate of drug-likeness (QED) is 0.313. The van der Waals surface area contributed by atoms with Gasteiger partial charge in [0.25, 0.3) is 5.79 Å². The molecule has 0 saturated carbocycles. The lowest BCUT2D eigenvalue weighted by Crippen LogP contribution is -2.47. The predicted molar refractivity (Wildman–Crippen MR) is 146 cm³/mol. The number of aromatic hydroxyl groups is 1. The predicted octanol–water partition coefficient (Wildman–Crippen LogP) is 6.94. The summed E-state index contributed by atoms with van der Waals surface area (Å²) in [5, 5.41) is 10.8. The van der Waals surface area contributed by atoms with E-state index in [4.69, 9.17) is 23.7 Å². The van der Waals surface area contributed by atoms with Gasteiger partial charge in [-0.3, -0.25) is 0 Å². The molecule has 3 unspecified atom stereocenters. The molecule has 0 amide bonds. The molecule has 0 saturated heterocycles. The van der Waals surface area contributed by atoms with Crippen LogP contribution in [0.15, 0.2) is 72.8 Å². The fraction of sp³-hybridized carbons (Fsp3) is 0.273. The van der Waals surface area contributed by atoms with Crippen molar-refractivity contribution in [1.29, 1.82) is 0 Å². The van der Waals surface area contributed by atoms with E-state index in [0.717, 1.165) is 52.2 Å². The molecule has 6 nitrogen and oxygen atoms in total. The third-order valence-electron chi connectivity index (χ3n) is 8.29. The van der Waals surface area contributed by atoms with Gasteiger partial charge in [0, 0.05) is 52.3 Å². The van der Waals surface area contributed by atoms with Crippen LogP contribution in [-0.2, 0) is 12.2 Å². The van der Waals surface area contributed by atoms with E-state index in [2.05, 4.69) is 12.1 Å². The third kappa shape index (κ3) is 3.54. The van der Waals surface area contributed by atoms with Gasteiger partial charge in [0.2, 0.25) is 0 Å². The average molecular weight is 523 g/mol. The van der Waals surface area contributed by atoms with Gasteiger partial charge in [0.05, 0.1) is 14.2 Å². The number of phenols is 1. The van der Waals surface area contributed by atoms with Crippen LogP contribution in [0.1, 0.15) is 58.2 Å². The molecule has 4 aromatic rings. The van der Waals surface area contributed by atoms with Gasteiger partial charge < -0.3 is 28.8 Å². The molecule has 0 aromatic heterocycles. The maximum absolute atomic E-state index is 10.8. The Morgan fingerprint density at radius 3 is 2.26 bits per heavy atom. The van der Waals surface area contributed by atoms with E-state index in [1.54, 1.807) is 20.3 Å². The Balaban J connectivity index is 1.49. The SMILES string of the molecule is COc1cc2c(c3c1CCC(c1ccccc1)O3)C1CC(c3ccccc3)(Oc3cc(O)c(C)c(OC)c31)O2. The second-order valence-corrected chi connectivity index (χ2v) is 10.4. The zero-order valence-corrected chi connectivity index (χ0v) is 22.2. The first-order valence-corrected chi connectivity index (χ1v) is 13.3. The molecule has 0 spiro atoms. The number of hydrogen-bond acceptors (Lipinski definition) is 6. The Morgan fingerprint density at radius 1 is 0.872 bits per heavy atom. The van der Waals surface area contributed by atoms with Crippen LogP contribution in [0.25, 0.3) is 0 Å². The van der Waals surface area contributed by atoms with Crippen molar-refractivity contribution in [3.05, 3.63) is 106 Å². The first-order valence-electron chi connectivity index (χ1n) is 13.3. The van der Waals surface area contributed by atoms with Gasteiger partial charge in [-0.25, -0.2) is 0 Å². The van der Waals surface area contributed by atoms with E-state index >= 15 is 0 Å². The Hall–Kier alpha value is -4.32. The normalized spacial score (nSPS) is 22.2. The Morgan fingerprint density at radius 2 is 1.56 bits per heavy atom. The molecule has 3 heterocycles. The van der Waals surface area contributed by atoms with Crippen molar-refractivity contribution in [3.8, 4) is 34.5 Å². The van der Waals surface area contributed by atoms with Crippen LogP contribution in [0.3, 0.4) is 0 Å². The highest BCUT2D eigenvalue weighted by molar-refractivity contribution is 5.68. The van der Waals surface area contributed by atoms with Crippen LogP contribution in [0.2, 0.25) is 0 Å². The molecule has 3 aliphatic heterocycles. The second kappa shape index (κ2) is 8.87. The highest BCUT2D eigenvalue weighted by Gasteiger charge is 2.53. The van der Waals surface area contributed by atoms with Crippen molar-refractivity contribution in [3.63, 3.8) is 0 Å². The van der Waals surface area contributed by atoms with Crippen LogP contribution in [0.5, 0.6) is 34.5 Å². The van der Waals surface area contributed by atoms with Crippen LogP contribution in [-0.4, -0.2) is 19.3 Å². The summed E-state index contributed by atoms with van der Waals surface area (Å²) in [7, 11) is 3.32. The zero-order chi connectivity index (χ0) is 26.7. The van der Waals surface area contributed by atoms with Crippen LogP contribution >= 0.6 is 0 Å². The van der Waals surface area contributed by atoms with Crippen molar-refractivity contribution in [2.45, 2.75) is 44.0 Å². The van der Waals surface area contributed by atoms with E-state index < -0.39 is 5.79 Å². The van der Waals surface area contributed by atoms with Gasteiger partial charge in [-0.2, -0.15) is 0 Å². The molecule has 0 radical (unpaired) electrons. The average Bonchev–Trinajstić information content (AvgIpc) is 2.98. The molecule has 6 heteroatoms. The fourth-order valence-corrected chi connectivity index (χ4v) is 6.44. The molecule has 0 fully saturated rings. The standard InChI is InChI=1S/C33H30O6/c1-19-24(34)16-27-29(31(19)36-3)23-18-33(38-27,21-12-8-5-9-13-21)39-28-17-26(35-2)22-14-15-25(37-32(22)30(23)28)20-10-6-4-7-11-20/h4-13,16-17,23,25,34H,14-15,18H2,1-3H3. The molecular formula is C33H30O6. The summed E-state index contributed by atoms with van der Waals surface area (Å²) >= 11 is 0. The van der Waals surface area contributed by atoms with Crippen LogP contribution in [0.4, 0.5) is 0 Å². The first-order chi connectivity index (χ1) is 19.0. The van der Waals surface area contributed by atoms with Crippen LogP contribution in [0, 0.1) is 6.92 Å². The molecule has 0 aliphatic carbocycles. The molecule has 3 atom stereocenters. The van der Waals surface area contributed by atoms with E-state index in [0.29, 0.717) is 29.2 Å². The van der Waals surface area contributed by atoms with Gasteiger partial charge in [0.15, 0.2) is 0 Å². The number of phenolic OH excluding ortho intramolecular Hbond substituents is 1. The molecule has 1 N–H and O–H groups in total. The van der Waals surface area contributed by atoms with Gasteiger partial charge in [-0.15, -0.1) is 0 Å². The van der Waals surface area contributed by atoms with Crippen molar-refractivity contribution in [2.24, 2.45) is 0 Å². The molecule has 2 bridgehead atoms. The number of fused-ring (bicyclic) bond motifs is 8. The van der Waals surface area contributed by atoms with E-state index in [1.165, 1.54) is 0 Å². The van der Waals surface area contributed by atoms with Gasteiger partial charge in [-0.1, -0.05) is 60.7 Å². The summed E-state index contributed by atoms with van der Waals surface area (Å²) in [4.78, 5) is 0. The zero-order valence-electron chi connectivity index (χ0n) is 22.2. The number of rotatable bonds is 4. The molecule has 7 rings (SSSR count). The third-order valence-corrected chi connectivity index (χ3v) is 8.29. The van der Waals surface area contributed by atoms with Crippen molar-refractivity contribution in [1.82, 2.24) is 0 Å². The summed E-state index contributed by atoms with van der Waals surface area (Å²) in [5.41, 5.74) is 5.60. The molecule has 39 heavy (non-hydrogen) atoms. The lowest BCUT2D eigenvalue weighted by atomic mass is 9.76. The largest absolute Gasteiger partial charge is 0.507 e. The fourth-order valence-electron chi connectivity index (χ4n) is 6.44. The topological polar surface area (TPSA) is 66.4 Å². The summed E-state index contributed by atoms with van der Waals surface area (Å²) < 4.78 is 32.1. The minimum absolute atomic E-state index is 0.0847. The van der Waals surface area contributed by atoms with Crippen molar-refractivity contribution >= 4 is 0 Å². The van der Waals surface area contributed by atoms with E-state index in [9.17, 15) is 5.11 Å². The lowest BCUT2D eigenvalue weighted by molar-refractivity contribution is -0.149. The lowest BCUT2D eigenvalue weighted by Gasteiger charge is -2.48. The van der Waals surface area contributed by atoms with Gasteiger partial charge >= 0.3 is 0 Å². The second-order valence-electron chi connectivity index (χ2n) is 10.4. The number of methoxy groups -OCH3 is 2. The number of hydrogen-bond donors (Lipinski definition) is 1.